The molecule has 3 heterocycles. The molecule has 0 saturated carbocycles. The maximum Gasteiger partial charge on any atom is 0.230 e. The van der Waals surface area contributed by atoms with E-state index in [1.807, 2.05) is 41.3 Å². The van der Waals surface area contributed by atoms with Gasteiger partial charge in [0, 0.05) is 37.2 Å². The Labute approximate surface area is 208 Å². The van der Waals surface area contributed by atoms with Crippen LogP contribution in [-0.4, -0.2) is 52.6 Å². The van der Waals surface area contributed by atoms with Crippen molar-refractivity contribution in [2.75, 3.05) is 24.5 Å². The fourth-order valence-electron chi connectivity index (χ4n) is 5.37. The van der Waals surface area contributed by atoms with Crippen LogP contribution in [0.5, 0.6) is 0 Å². The van der Waals surface area contributed by atoms with Gasteiger partial charge in [0.2, 0.25) is 5.91 Å². The lowest BCUT2D eigenvalue weighted by molar-refractivity contribution is -0.133. The Balaban J connectivity index is 1.51. The van der Waals surface area contributed by atoms with Gasteiger partial charge in [-0.1, -0.05) is 67.6 Å². The standard InChI is InChI=1S/C29H34N4O2/c1-4-24(22-11-7-5-8-12-22)29(34)32-16-15-26-25(19-32)28(33-17-20(2)35-21(3)18-33)31-27(30-26)23-13-9-6-10-14-23/h5-14,20-21,24H,4,15-19H2,1-3H3. The summed E-state index contributed by atoms with van der Waals surface area (Å²) in [5, 5.41) is 0. The van der Waals surface area contributed by atoms with Gasteiger partial charge in [0.1, 0.15) is 5.82 Å². The Bertz CT molecular complexity index is 1160. The van der Waals surface area contributed by atoms with Gasteiger partial charge in [-0.05, 0) is 25.8 Å². The van der Waals surface area contributed by atoms with Crippen LogP contribution in [0.15, 0.2) is 60.7 Å². The monoisotopic (exact) mass is 470 g/mol. The maximum absolute atomic E-state index is 13.7. The number of ether oxygens (including phenoxy) is 1. The van der Waals surface area contributed by atoms with Crippen molar-refractivity contribution in [3.05, 3.63) is 77.5 Å². The molecule has 0 bridgehead atoms. The summed E-state index contributed by atoms with van der Waals surface area (Å²) in [6, 6.07) is 20.3. The Hall–Kier alpha value is -3.25. The molecule has 1 saturated heterocycles. The number of rotatable bonds is 5. The number of amides is 1. The van der Waals surface area contributed by atoms with Crippen LogP contribution in [0.25, 0.3) is 11.4 Å². The number of anilines is 1. The van der Waals surface area contributed by atoms with Crippen LogP contribution in [0.1, 0.15) is 49.9 Å². The first-order valence-electron chi connectivity index (χ1n) is 12.7. The van der Waals surface area contributed by atoms with Gasteiger partial charge in [0.15, 0.2) is 5.82 Å². The van der Waals surface area contributed by atoms with Crippen LogP contribution in [-0.2, 0) is 22.5 Å². The van der Waals surface area contributed by atoms with Gasteiger partial charge in [0.05, 0.1) is 30.4 Å². The Morgan fingerprint density at radius 3 is 2.31 bits per heavy atom. The summed E-state index contributed by atoms with van der Waals surface area (Å²) >= 11 is 0. The summed E-state index contributed by atoms with van der Waals surface area (Å²) < 4.78 is 6.00. The van der Waals surface area contributed by atoms with E-state index in [4.69, 9.17) is 14.7 Å². The number of aromatic nitrogens is 2. The molecule has 0 spiro atoms. The summed E-state index contributed by atoms with van der Waals surface area (Å²) in [5.41, 5.74) is 4.23. The highest BCUT2D eigenvalue weighted by molar-refractivity contribution is 5.84. The zero-order chi connectivity index (χ0) is 24.4. The van der Waals surface area contributed by atoms with Gasteiger partial charge in [-0.3, -0.25) is 4.79 Å². The first-order valence-corrected chi connectivity index (χ1v) is 12.7. The second kappa shape index (κ2) is 10.2. The van der Waals surface area contributed by atoms with E-state index < -0.39 is 0 Å². The third-order valence-corrected chi connectivity index (χ3v) is 7.01. The summed E-state index contributed by atoms with van der Waals surface area (Å²) in [6.07, 6.45) is 1.75. The summed E-state index contributed by atoms with van der Waals surface area (Å²) in [5.74, 6) is 1.75. The lowest BCUT2D eigenvalue weighted by atomic mass is 9.93. The number of hydrogen-bond donors (Lipinski definition) is 0. The van der Waals surface area contributed by atoms with Crippen LogP contribution < -0.4 is 4.90 Å². The number of benzene rings is 2. The van der Waals surface area contributed by atoms with E-state index in [0.717, 1.165) is 60.0 Å². The van der Waals surface area contributed by atoms with Gasteiger partial charge in [-0.2, -0.15) is 0 Å². The van der Waals surface area contributed by atoms with Gasteiger partial charge in [-0.15, -0.1) is 0 Å². The predicted molar refractivity (Wildman–Crippen MR) is 138 cm³/mol. The Morgan fingerprint density at radius 2 is 1.66 bits per heavy atom. The van der Waals surface area contributed by atoms with Crippen molar-refractivity contribution in [3.63, 3.8) is 0 Å². The van der Waals surface area contributed by atoms with Crippen molar-refractivity contribution < 1.29 is 9.53 Å². The molecule has 2 aromatic carbocycles. The fraction of sp³-hybridized carbons (Fsp3) is 0.414. The zero-order valence-electron chi connectivity index (χ0n) is 20.9. The summed E-state index contributed by atoms with van der Waals surface area (Å²) in [6.45, 7) is 9.07. The quantitative estimate of drug-likeness (QED) is 0.534. The molecule has 0 N–H and O–H groups in total. The van der Waals surface area contributed by atoms with Crippen LogP contribution in [0.2, 0.25) is 0 Å². The predicted octanol–water partition coefficient (Wildman–Crippen LogP) is 4.84. The number of fused-ring (bicyclic) bond motifs is 1. The third-order valence-electron chi connectivity index (χ3n) is 7.01. The molecule has 35 heavy (non-hydrogen) atoms. The van der Waals surface area contributed by atoms with Crippen LogP contribution in [0.4, 0.5) is 5.82 Å². The van der Waals surface area contributed by atoms with E-state index in [-0.39, 0.29) is 24.0 Å². The molecule has 3 aromatic rings. The molecule has 1 aromatic heterocycles. The normalized spacial score (nSPS) is 20.9. The molecule has 2 aliphatic rings. The molecule has 3 unspecified atom stereocenters. The molecule has 2 aliphatic heterocycles. The van der Waals surface area contributed by atoms with E-state index in [9.17, 15) is 4.79 Å². The first kappa shape index (κ1) is 23.5. The smallest absolute Gasteiger partial charge is 0.230 e. The maximum atomic E-state index is 13.7. The highest BCUT2D eigenvalue weighted by Gasteiger charge is 2.33. The largest absolute Gasteiger partial charge is 0.372 e. The van der Waals surface area contributed by atoms with Gasteiger partial charge < -0.3 is 14.5 Å². The number of nitrogens with zero attached hydrogens (tertiary/aromatic N) is 4. The average molecular weight is 471 g/mol. The Kier molecular flexibility index (Phi) is 6.82. The molecule has 6 nitrogen and oxygen atoms in total. The third kappa shape index (κ3) is 4.94. The van der Waals surface area contributed by atoms with Crippen molar-refractivity contribution in [3.8, 4) is 11.4 Å². The fourth-order valence-corrected chi connectivity index (χ4v) is 5.37. The number of morpholine rings is 1. The molecular weight excluding hydrogens is 436 g/mol. The van der Waals surface area contributed by atoms with Crippen molar-refractivity contribution in [1.82, 2.24) is 14.9 Å². The molecule has 3 atom stereocenters. The molecule has 1 fully saturated rings. The second-order valence-electron chi connectivity index (χ2n) is 9.71. The summed E-state index contributed by atoms with van der Waals surface area (Å²) in [4.78, 5) is 28.1. The van der Waals surface area contributed by atoms with Crippen LogP contribution >= 0.6 is 0 Å². The number of hydrogen-bond acceptors (Lipinski definition) is 5. The van der Waals surface area contributed by atoms with Gasteiger partial charge >= 0.3 is 0 Å². The molecule has 0 aliphatic carbocycles. The van der Waals surface area contributed by atoms with Crippen LogP contribution in [0.3, 0.4) is 0 Å². The van der Waals surface area contributed by atoms with E-state index in [1.54, 1.807) is 0 Å². The first-order chi connectivity index (χ1) is 17.0. The lowest BCUT2D eigenvalue weighted by Gasteiger charge is -2.39. The molecule has 5 rings (SSSR count). The minimum atomic E-state index is -0.130. The number of carbonyl (C=O) groups excluding carboxylic acids is 1. The van der Waals surface area contributed by atoms with E-state index >= 15 is 0 Å². The minimum absolute atomic E-state index is 0.119. The molecule has 1 amide bonds. The van der Waals surface area contributed by atoms with Crippen LogP contribution in [0, 0.1) is 0 Å². The molecule has 0 radical (unpaired) electrons. The van der Waals surface area contributed by atoms with Crippen molar-refractivity contribution in [2.24, 2.45) is 0 Å². The molecule has 6 heteroatoms. The van der Waals surface area contributed by atoms with Crippen molar-refractivity contribution in [1.29, 1.82) is 0 Å². The van der Waals surface area contributed by atoms with E-state index in [0.29, 0.717) is 13.1 Å². The average Bonchev–Trinajstić information content (AvgIpc) is 2.88. The lowest BCUT2D eigenvalue weighted by Crippen LogP contribution is -2.47. The van der Waals surface area contributed by atoms with Gasteiger partial charge in [0.25, 0.3) is 0 Å². The van der Waals surface area contributed by atoms with E-state index in [2.05, 4.69) is 49.9 Å². The molecular formula is C29H34N4O2. The highest BCUT2D eigenvalue weighted by Crippen LogP contribution is 2.33. The SMILES string of the molecule is CCC(C(=O)N1CCc2nc(-c3ccccc3)nc(N3CC(C)OC(C)C3)c2C1)c1ccccc1. The second-order valence-corrected chi connectivity index (χ2v) is 9.71. The molecule has 182 valence electrons. The van der Waals surface area contributed by atoms with Crippen molar-refractivity contribution in [2.45, 2.75) is 58.3 Å². The van der Waals surface area contributed by atoms with Gasteiger partial charge in [-0.25, -0.2) is 9.97 Å². The summed E-state index contributed by atoms with van der Waals surface area (Å²) in [7, 11) is 0. The highest BCUT2D eigenvalue weighted by atomic mass is 16.5. The van der Waals surface area contributed by atoms with E-state index in [1.165, 1.54) is 0 Å². The topological polar surface area (TPSA) is 58.6 Å². The zero-order valence-corrected chi connectivity index (χ0v) is 20.9. The Morgan fingerprint density at radius 1 is 1.00 bits per heavy atom. The minimum Gasteiger partial charge on any atom is -0.372 e. The number of carbonyl (C=O) groups is 1. The van der Waals surface area contributed by atoms with Crippen molar-refractivity contribution >= 4 is 11.7 Å².